The van der Waals surface area contributed by atoms with Crippen LogP contribution in [0.3, 0.4) is 0 Å². The molecule has 1 aliphatic heterocycles. The van der Waals surface area contributed by atoms with E-state index in [0.29, 0.717) is 17.7 Å². The maximum atomic E-state index is 14.7. The van der Waals surface area contributed by atoms with E-state index in [1.165, 1.54) is 18.3 Å². The number of urea groups is 1. The fourth-order valence-corrected chi connectivity index (χ4v) is 3.65. The monoisotopic (exact) mass is 521 g/mol. The Kier molecular flexibility index (Phi) is 7.21. The number of carbonyl (C=O) groups is 2. The van der Waals surface area contributed by atoms with Crippen molar-refractivity contribution in [2.45, 2.75) is 32.0 Å². The number of hydrogen-bond acceptors (Lipinski definition) is 6. The number of anilines is 2. The predicted octanol–water partition coefficient (Wildman–Crippen LogP) is 5.33. The lowest BCUT2D eigenvalue weighted by atomic mass is 9.99. The normalized spacial score (nSPS) is 16.8. The Morgan fingerprint density at radius 3 is 2.59 bits per heavy atom. The largest absolute Gasteiger partial charge is 0.490 e. The van der Waals surface area contributed by atoms with Gasteiger partial charge in [0.15, 0.2) is 23.0 Å². The molecule has 0 unspecified atom stereocenters. The summed E-state index contributed by atoms with van der Waals surface area (Å²) in [5.74, 6) is -1.75. The van der Waals surface area contributed by atoms with Gasteiger partial charge in [-0.05, 0) is 49.8 Å². The van der Waals surface area contributed by atoms with Gasteiger partial charge in [-0.15, -0.1) is 0 Å². The van der Waals surface area contributed by atoms with Crippen LogP contribution in [-0.2, 0) is 20.4 Å². The highest BCUT2D eigenvalue weighted by atomic mass is 19.4. The Morgan fingerprint density at radius 2 is 1.97 bits per heavy atom. The molecule has 0 radical (unpaired) electrons. The molecule has 2 aromatic rings. The molecule has 1 saturated heterocycles. The fraction of sp³-hybridized carbons (Fsp3) is 0.320. The number of nitrogens with one attached hydrogen (secondary N) is 2. The van der Waals surface area contributed by atoms with Gasteiger partial charge in [-0.3, -0.25) is 10.1 Å². The maximum absolute atomic E-state index is 14.7. The molecule has 2 amide bonds. The summed E-state index contributed by atoms with van der Waals surface area (Å²) < 4.78 is 71.3. The molecule has 1 aliphatic carbocycles. The van der Waals surface area contributed by atoms with Crippen LogP contribution in [0.15, 0.2) is 48.4 Å². The number of alkyl halides is 3. The highest BCUT2D eigenvalue weighted by Gasteiger charge is 2.40. The second-order valence-corrected chi connectivity index (χ2v) is 8.62. The van der Waals surface area contributed by atoms with E-state index >= 15 is 0 Å². The molecular weight excluding hydrogens is 498 g/mol. The Bertz CT molecular complexity index is 1290. The van der Waals surface area contributed by atoms with E-state index in [4.69, 9.17) is 14.2 Å². The molecule has 1 aromatic heterocycles. The molecule has 4 rings (SSSR count). The lowest BCUT2D eigenvalue weighted by molar-refractivity contribution is -0.160. The van der Waals surface area contributed by atoms with Gasteiger partial charge in [0.05, 0.1) is 25.4 Å². The number of ether oxygens (including phenoxy) is 3. The average Bonchev–Trinajstić information content (AvgIpc) is 2.81. The van der Waals surface area contributed by atoms with Gasteiger partial charge in [-0.25, -0.2) is 14.2 Å². The van der Waals surface area contributed by atoms with E-state index < -0.39 is 40.8 Å². The first-order chi connectivity index (χ1) is 17.5. The van der Waals surface area contributed by atoms with Gasteiger partial charge < -0.3 is 19.5 Å². The number of amides is 2. The Balaban J connectivity index is 1.46. The van der Waals surface area contributed by atoms with Gasteiger partial charge >= 0.3 is 12.2 Å². The minimum Gasteiger partial charge on any atom is -0.490 e. The molecule has 0 bridgehead atoms. The molecule has 2 N–H and O–H groups in total. The zero-order chi connectivity index (χ0) is 26.8. The number of rotatable bonds is 7. The summed E-state index contributed by atoms with van der Waals surface area (Å²) in [5.41, 5.74) is -1.26. The van der Waals surface area contributed by atoms with E-state index in [9.17, 15) is 27.2 Å². The third-order valence-electron chi connectivity index (χ3n) is 5.49. The van der Waals surface area contributed by atoms with Crippen molar-refractivity contribution in [3.8, 4) is 5.75 Å². The summed E-state index contributed by atoms with van der Waals surface area (Å²) in [7, 11) is 0. The number of halogens is 4. The smallest absolute Gasteiger partial charge is 0.420 e. The number of ketones is 1. The summed E-state index contributed by atoms with van der Waals surface area (Å²) in [6.07, 6.45) is -0.287. The van der Waals surface area contributed by atoms with Crippen LogP contribution in [0.4, 0.5) is 33.9 Å². The Hall–Kier alpha value is -3.93. The number of carbonyl (C=O) groups excluding carboxylic acids is 2. The molecule has 8 nitrogen and oxygen atoms in total. The van der Waals surface area contributed by atoms with Crippen LogP contribution in [0, 0.1) is 5.82 Å². The highest BCUT2D eigenvalue weighted by Crippen LogP contribution is 2.40. The van der Waals surface area contributed by atoms with Gasteiger partial charge in [-0.1, -0.05) is 6.08 Å². The first-order valence-electron chi connectivity index (χ1n) is 11.3. The maximum Gasteiger partial charge on any atom is 0.420 e. The van der Waals surface area contributed by atoms with Crippen LogP contribution in [0.25, 0.3) is 5.57 Å². The van der Waals surface area contributed by atoms with Crippen molar-refractivity contribution in [1.29, 1.82) is 0 Å². The Morgan fingerprint density at radius 1 is 1.22 bits per heavy atom. The minimum atomic E-state index is -4.75. The van der Waals surface area contributed by atoms with Gasteiger partial charge in [0, 0.05) is 23.9 Å². The standard InChI is InChI=1S/C25H23F4N3O5/c1-3-36-21-9-14(4-6-19(21)33)15-8-18(26)22(30-11-15)32-23(34)31-16-5-7-20(17(10-16)25(27,28)29)37-24(2)12-35-13-24/h4-5,7-11H,3,6,12-13H2,1-2H3,(H2,30,31,32,34). The molecule has 0 spiro atoms. The topological polar surface area (TPSA) is 98.8 Å². The van der Waals surface area contributed by atoms with Crippen molar-refractivity contribution >= 4 is 28.9 Å². The predicted molar refractivity (Wildman–Crippen MR) is 125 cm³/mol. The summed E-state index contributed by atoms with van der Waals surface area (Å²) in [6, 6.07) is 3.18. The average molecular weight is 521 g/mol. The van der Waals surface area contributed by atoms with Crippen LogP contribution in [0.1, 0.15) is 31.4 Å². The number of nitrogens with zero attached hydrogens (tertiary/aromatic N) is 1. The molecule has 0 atom stereocenters. The second kappa shape index (κ2) is 10.2. The molecule has 0 saturated carbocycles. The van der Waals surface area contributed by atoms with Crippen molar-refractivity contribution in [3.63, 3.8) is 0 Å². The number of hydrogen-bond donors (Lipinski definition) is 2. The van der Waals surface area contributed by atoms with Crippen LogP contribution >= 0.6 is 0 Å². The molecule has 196 valence electrons. The lowest BCUT2D eigenvalue weighted by Crippen LogP contribution is -2.51. The van der Waals surface area contributed by atoms with Crippen molar-refractivity contribution in [3.05, 3.63) is 65.3 Å². The SMILES string of the molecule is CCOC1=CC(c2cnc(NC(=O)Nc3ccc(OC4(C)COC4)c(C(F)(F)F)c3)c(F)c2)=CCC1=O. The summed E-state index contributed by atoms with van der Waals surface area (Å²) in [6.45, 7) is 3.97. The number of benzene rings is 1. The highest BCUT2D eigenvalue weighted by molar-refractivity contribution is 6.01. The molecule has 1 aromatic carbocycles. The third kappa shape index (κ3) is 6.08. The van der Waals surface area contributed by atoms with E-state index in [1.807, 2.05) is 0 Å². The minimum absolute atomic E-state index is 0.0853. The third-order valence-corrected chi connectivity index (χ3v) is 5.49. The first-order valence-corrected chi connectivity index (χ1v) is 11.3. The lowest BCUT2D eigenvalue weighted by Gasteiger charge is -2.38. The Labute approximate surface area is 209 Å². The number of aromatic nitrogens is 1. The quantitative estimate of drug-likeness (QED) is 0.478. The number of allylic oxidation sites excluding steroid dienone is 4. The van der Waals surface area contributed by atoms with Crippen molar-refractivity contribution < 1.29 is 41.4 Å². The molecule has 37 heavy (non-hydrogen) atoms. The molecule has 2 heterocycles. The van der Waals surface area contributed by atoms with E-state index in [1.54, 1.807) is 19.9 Å². The summed E-state index contributed by atoms with van der Waals surface area (Å²) in [5, 5.41) is 4.41. The first kappa shape index (κ1) is 26.1. The van der Waals surface area contributed by atoms with E-state index in [0.717, 1.165) is 18.2 Å². The van der Waals surface area contributed by atoms with Gasteiger partial charge in [0.25, 0.3) is 0 Å². The second-order valence-electron chi connectivity index (χ2n) is 8.62. The zero-order valence-corrected chi connectivity index (χ0v) is 19.9. The van der Waals surface area contributed by atoms with Crippen molar-refractivity contribution in [1.82, 2.24) is 4.98 Å². The summed E-state index contributed by atoms with van der Waals surface area (Å²) in [4.78, 5) is 28.1. The zero-order valence-electron chi connectivity index (χ0n) is 19.9. The van der Waals surface area contributed by atoms with Crippen LogP contribution < -0.4 is 15.4 Å². The van der Waals surface area contributed by atoms with Crippen molar-refractivity contribution in [2.24, 2.45) is 0 Å². The summed E-state index contributed by atoms with van der Waals surface area (Å²) >= 11 is 0. The van der Waals surface area contributed by atoms with Crippen molar-refractivity contribution in [2.75, 3.05) is 30.5 Å². The van der Waals surface area contributed by atoms with E-state index in [-0.39, 0.29) is 36.9 Å². The molecule has 2 aliphatic rings. The van der Waals surface area contributed by atoms with E-state index in [2.05, 4.69) is 15.6 Å². The molecule has 1 fully saturated rings. The van der Waals surface area contributed by atoms with Crippen LogP contribution in [0.2, 0.25) is 0 Å². The molecular formula is C25H23F4N3O5. The van der Waals surface area contributed by atoms with Gasteiger partial charge in [-0.2, -0.15) is 13.2 Å². The molecule has 12 heteroatoms. The van der Waals surface area contributed by atoms with Crippen LogP contribution in [-0.4, -0.2) is 42.2 Å². The number of pyridine rings is 1. The number of Topliss-reactive ketones (excluding diaryl/α,β-unsaturated/α-hetero) is 1. The van der Waals surface area contributed by atoms with Gasteiger partial charge in [0.2, 0.25) is 5.78 Å². The van der Waals surface area contributed by atoms with Gasteiger partial charge in [0.1, 0.15) is 5.75 Å². The van der Waals surface area contributed by atoms with Crippen LogP contribution in [0.5, 0.6) is 5.75 Å². The fourth-order valence-electron chi connectivity index (χ4n) is 3.65.